The molecule has 0 saturated carbocycles. The Balaban J connectivity index is 0.000000861. The van der Waals surface area contributed by atoms with Crippen LogP contribution in [0.25, 0.3) is 0 Å². The van der Waals surface area contributed by atoms with Gasteiger partial charge in [-0.3, -0.25) is 9.36 Å². The predicted octanol–water partition coefficient (Wildman–Crippen LogP) is 3.34. The lowest BCUT2D eigenvalue weighted by Gasteiger charge is -2.11. The van der Waals surface area contributed by atoms with Crippen molar-refractivity contribution in [2.24, 2.45) is 0 Å². The quantitative estimate of drug-likeness (QED) is 0.616. The Kier molecular flexibility index (Phi) is 5.79. The minimum Gasteiger partial charge on any atom is -0.462 e. The largest absolute Gasteiger partial charge is 0.462 e. The molecule has 2 rings (SSSR count). The third-order valence-electron chi connectivity index (χ3n) is 2.73. The van der Waals surface area contributed by atoms with E-state index in [-0.39, 0.29) is 6.04 Å². The number of nitrogens with zero attached hydrogens (tertiary/aromatic N) is 2. The Labute approximate surface area is 114 Å². The summed E-state index contributed by atoms with van der Waals surface area (Å²) in [5.41, 5.74) is 1.66. The van der Waals surface area contributed by atoms with Gasteiger partial charge in [0.05, 0.1) is 12.2 Å². The van der Waals surface area contributed by atoms with Crippen molar-refractivity contribution in [2.45, 2.75) is 26.8 Å². The Morgan fingerprint density at radius 3 is 2.89 bits per heavy atom. The van der Waals surface area contributed by atoms with Gasteiger partial charge < -0.3 is 4.74 Å². The fourth-order valence-corrected chi connectivity index (χ4v) is 1.82. The second kappa shape index (κ2) is 7.36. The van der Waals surface area contributed by atoms with Crippen LogP contribution in [-0.4, -0.2) is 22.4 Å². The zero-order chi connectivity index (χ0) is 14.3. The standard InChI is InChI=1S/C13H14N2O2.C2H6/c1-3-4-5-6-10(2)12-9-17-13-14-7-11(8-16)15(12)13;1-2/h3-8,12H,1,9H2,2H3;1-2H3/b5-4-,10-6+;. The van der Waals surface area contributed by atoms with Crippen molar-refractivity contribution >= 4 is 6.29 Å². The highest BCUT2D eigenvalue weighted by Crippen LogP contribution is 2.31. The summed E-state index contributed by atoms with van der Waals surface area (Å²) in [6.45, 7) is 10.1. The van der Waals surface area contributed by atoms with Crippen LogP contribution in [0.2, 0.25) is 0 Å². The molecule has 0 radical (unpaired) electrons. The van der Waals surface area contributed by atoms with Crippen LogP contribution in [-0.2, 0) is 0 Å². The van der Waals surface area contributed by atoms with E-state index in [1.54, 1.807) is 6.08 Å². The number of carbonyl (C=O) groups excluding carboxylic acids is 1. The van der Waals surface area contributed by atoms with E-state index >= 15 is 0 Å². The van der Waals surface area contributed by atoms with Crippen molar-refractivity contribution < 1.29 is 9.53 Å². The van der Waals surface area contributed by atoms with Crippen LogP contribution in [0.15, 0.2) is 42.7 Å². The highest BCUT2D eigenvalue weighted by molar-refractivity contribution is 5.72. The summed E-state index contributed by atoms with van der Waals surface area (Å²) in [6.07, 6.45) is 9.80. The van der Waals surface area contributed by atoms with Crippen molar-refractivity contribution in [1.82, 2.24) is 9.55 Å². The fourth-order valence-electron chi connectivity index (χ4n) is 1.82. The number of ether oxygens (including phenoxy) is 1. The summed E-state index contributed by atoms with van der Waals surface area (Å²) < 4.78 is 7.25. The summed E-state index contributed by atoms with van der Waals surface area (Å²) in [7, 11) is 0. The second-order valence-electron chi connectivity index (χ2n) is 3.81. The molecule has 1 aromatic heterocycles. The number of hydrogen-bond acceptors (Lipinski definition) is 3. The molecule has 0 fully saturated rings. The Morgan fingerprint density at radius 1 is 1.53 bits per heavy atom. The first kappa shape index (κ1) is 15.0. The van der Waals surface area contributed by atoms with Crippen molar-refractivity contribution in [3.05, 3.63) is 48.3 Å². The van der Waals surface area contributed by atoms with Crippen LogP contribution < -0.4 is 4.74 Å². The number of hydrogen-bond donors (Lipinski definition) is 0. The lowest BCUT2D eigenvalue weighted by molar-refractivity contribution is 0.111. The molecule has 102 valence electrons. The van der Waals surface area contributed by atoms with Crippen LogP contribution in [0.4, 0.5) is 0 Å². The number of rotatable bonds is 4. The zero-order valence-electron chi connectivity index (χ0n) is 11.7. The first-order valence-corrected chi connectivity index (χ1v) is 6.39. The van der Waals surface area contributed by atoms with Crippen LogP contribution >= 0.6 is 0 Å². The molecular weight excluding hydrogens is 240 g/mol. The monoisotopic (exact) mass is 260 g/mol. The third-order valence-corrected chi connectivity index (χ3v) is 2.73. The average Bonchev–Trinajstić information content (AvgIpc) is 3.02. The normalized spacial score (nSPS) is 17.4. The molecule has 0 bridgehead atoms. The third kappa shape index (κ3) is 3.22. The van der Waals surface area contributed by atoms with E-state index in [4.69, 9.17) is 4.74 Å². The number of aromatic nitrogens is 2. The summed E-state index contributed by atoms with van der Waals surface area (Å²) >= 11 is 0. The van der Waals surface area contributed by atoms with E-state index in [0.717, 1.165) is 11.9 Å². The summed E-state index contributed by atoms with van der Waals surface area (Å²) in [6, 6.07) is 0.555. The minimum absolute atomic E-state index is 0.0437. The van der Waals surface area contributed by atoms with E-state index in [2.05, 4.69) is 11.6 Å². The average molecular weight is 260 g/mol. The van der Waals surface area contributed by atoms with Crippen molar-refractivity contribution in [2.75, 3.05) is 6.61 Å². The SMILES string of the molecule is C=C/C=C\C=C(/C)C1COc2ncc(C=O)n21.CC. The van der Waals surface area contributed by atoms with Crippen LogP contribution in [0.3, 0.4) is 0 Å². The van der Waals surface area contributed by atoms with E-state index in [9.17, 15) is 4.79 Å². The molecule has 0 N–H and O–H groups in total. The van der Waals surface area contributed by atoms with Gasteiger partial charge in [0, 0.05) is 0 Å². The van der Waals surface area contributed by atoms with Crippen LogP contribution in [0, 0.1) is 0 Å². The summed E-state index contributed by atoms with van der Waals surface area (Å²) in [5.74, 6) is 0. The number of carbonyl (C=O) groups is 1. The fraction of sp³-hybridized carbons (Fsp3) is 0.333. The molecule has 4 heteroatoms. The maximum atomic E-state index is 10.9. The molecule has 1 unspecified atom stereocenters. The van der Waals surface area contributed by atoms with Gasteiger partial charge in [-0.05, 0) is 12.5 Å². The van der Waals surface area contributed by atoms with Gasteiger partial charge in [-0.1, -0.05) is 44.7 Å². The van der Waals surface area contributed by atoms with E-state index < -0.39 is 0 Å². The minimum atomic E-state index is 0.0437. The molecule has 0 amide bonds. The van der Waals surface area contributed by atoms with Crippen LogP contribution in [0.5, 0.6) is 6.01 Å². The highest BCUT2D eigenvalue weighted by Gasteiger charge is 2.28. The highest BCUT2D eigenvalue weighted by atomic mass is 16.5. The first-order chi connectivity index (χ1) is 9.27. The molecule has 0 spiro atoms. The molecular formula is C15H20N2O2. The molecule has 0 aliphatic carbocycles. The van der Waals surface area contributed by atoms with Gasteiger partial charge in [0.25, 0.3) is 6.01 Å². The van der Waals surface area contributed by atoms with E-state index in [0.29, 0.717) is 18.3 Å². The number of fused-ring (bicyclic) bond motifs is 1. The van der Waals surface area contributed by atoms with Crippen molar-refractivity contribution in [1.29, 1.82) is 0 Å². The Hall–Kier alpha value is -2.10. The first-order valence-electron chi connectivity index (χ1n) is 6.39. The second-order valence-corrected chi connectivity index (χ2v) is 3.81. The maximum Gasteiger partial charge on any atom is 0.297 e. The zero-order valence-corrected chi connectivity index (χ0v) is 11.7. The number of allylic oxidation sites excluding steroid dienone is 4. The molecule has 4 nitrogen and oxygen atoms in total. The summed E-state index contributed by atoms with van der Waals surface area (Å²) in [4.78, 5) is 14.9. The molecule has 1 aromatic rings. The van der Waals surface area contributed by atoms with E-state index in [1.807, 2.05) is 43.6 Å². The van der Waals surface area contributed by atoms with Crippen molar-refractivity contribution in [3.8, 4) is 6.01 Å². The lowest BCUT2D eigenvalue weighted by Crippen LogP contribution is -2.11. The van der Waals surface area contributed by atoms with E-state index in [1.165, 1.54) is 6.20 Å². The lowest BCUT2D eigenvalue weighted by atomic mass is 10.1. The van der Waals surface area contributed by atoms with Gasteiger partial charge in [0.2, 0.25) is 0 Å². The molecule has 0 saturated heterocycles. The molecule has 1 atom stereocenters. The molecule has 2 heterocycles. The van der Waals surface area contributed by atoms with Crippen molar-refractivity contribution in [3.63, 3.8) is 0 Å². The molecule has 19 heavy (non-hydrogen) atoms. The van der Waals surface area contributed by atoms with Crippen LogP contribution in [0.1, 0.15) is 37.3 Å². The van der Waals surface area contributed by atoms with Gasteiger partial charge in [0.15, 0.2) is 6.29 Å². The Bertz CT molecular complexity index is 498. The molecule has 1 aliphatic rings. The van der Waals surface area contributed by atoms with Gasteiger partial charge in [-0.15, -0.1) is 0 Å². The maximum absolute atomic E-state index is 10.9. The molecule has 0 aromatic carbocycles. The van der Waals surface area contributed by atoms with Gasteiger partial charge in [0.1, 0.15) is 12.3 Å². The molecule has 1 aliphatic heterocycles. The number of imidazole rings is 1. The van der Waals surface area contributed by atoms with Gasteiger partial charge in [-0.2, -0.15) is 0 Å². The summed E-state index contributed by atoms with van der Waals surface area (Å²) in [5, 5.41) is 0. The predicted molar refractivity (Wildman–Crippen MR) is 76.6 cm³/mol. The topological polar surface area (TPSA) is 44.1 Å². The Morgan fingerprint density at radius 2 is 2.26 bits per heavy atom. The number of aldehydes is 1. The smallest absolute Gasteiger partial charge is 0.297 e. The van der Waals surface area contributed by atoms with Gasteiger partial charge >= 0.3 is 0 Å². The van der Waals surface area contributed by atoms with Gasteiger partial charge in [-0.25, -0.2) is 4.98 Å².